The molecule has 0 spiro atoms. The second-order valence-electron chi connectivity index (χ2n) is 2.95. The molecule has 0 saturated carbocycles. The monoisotopic (exact) mass is 199 g/mol. The standard InChI is InChI=1S/C7H9N3O4/c1-3(2-4(8)11)10-6(13)5(12)9-7(10)14/h3H,2H2,1H3,(H2,8,11)(H,9,12,14). The van der Waals surface area contributed by atoms with Crippen LogP contribution in [0.25, 0.3) is 0 Å². The Hall–Kier alpha value is -1.92. The fraction of sp³-hybridized carbons (Fsp3) is 0.429. The van der Waals surface area contributed by atoms with Crippen LogP contribution in [-0.2, 0) is 14.4 Å². The fourth-order valence-corrected chi connectivity index (χ4v) is 1.20. The molecule has 1 heterocycles. The summed E-state index contributed by atoms with van der Waals surface area (Å²) >= 11 is 0. The molecule has 0 aromatic heterocycles. The van der Waals surface area contributed by atoms with E-state index in [1.807, 2.05) is 5.32 Å². The summed E-state index contributed by atoms with van der Waals surface area (Å²) in [5.41, 5.74) is 4.89. The van der Waals surface area contributed by atoms with Gasteiger partial charge < -0.3 is 5.73 Å². The van der Waals surface area contributed by atoms with Gasteiger partial charge in [0.15, 0.2) is 0 Å². The van der Waals surface area contributed by atoms with Gasteiger partial charge in [0, 0.05) is 12.5 Å². The molecule has 0 aromatic rings. The minimum Gasteiger partial charge on any atom is -0.370 e. The first-order valence-corrected chi connectivity index (χ1v) is 3.90. The number of nitrogens with zero attached hydrogens (tertiary/aromatic N) is 1. The van der Waals surface area contributed by atoms with E-state index in [1.54, 1.807) is 0 Å². The third-order valence-corrected chi connectivity index (χ3v) is 1.79. The van der Waals surface area contributed by atoms with E-state index in [2.05, 4.69) is 0 Å². The van der Waals surface area contributed by atoms with E-state index in [9.17, 15) is 19.2 Å². The molecule has 1 saturated heterocycles. The molecule has 76 valence electrons. The number of rotatable bonds is 3. The highest BCUT2D eigenvalue weighted by Gasteiger charge is 2.40. The molecule has 3 N–H and O–H groups in total. The van der Waals surface area contributed by atoms with Gasteiger partial charge in [-0.3, -0.25) is 24.6 Å². The molecule has 1 rings (SSSR count). The first kappa shape index (κ1) is 10.2. The number of nitrogens with two attached hydrogens (primary N) is 1. The summed E-state index contributed by atoms with van der Waals surface area (Å²) in [4.78, 5) is 44.1. The van der Waals surface area contributed by atoms with E-state index in [1.165, 1.54) is 6.92 Å². The molecule has 1 atom stereocenters. The van der Waals surface area contributed by atoms with Crippen molar-refractivity contribution in [3.63, 3.8) is 0 Å². The minimum absolute atomic E-state index is 0.160. The summed E-state index contributed by atoms with van der Waals surface area (Å²) in [6.07, 6.45) is -0.160. The fourth-order valence-electron chi connectivity index (χ4n) is 1.20. The number of nitrogens with one attached hydrogen (secondary N) is 1. The third kappa shape index (κ3) is 1.70. The second-order valence-corrected chi connectivity index (χ2v) is 2.95. The Morgan fingerprint density at radius 2 is 2.07 bits per heavy atom. The first-order chi connectivity index (χ1) is 6.43. The molecule has 1 aliphatic heterocycles. The van der Waals surface area contributed by atoms with Crippen LogP contribution in [-0.4, -0.2) is 34.7 Å². The average Bonchev–Trinajstić information content (AvgIpc) is 2.25. The van der Waals surface area contributed by atoms with Gasteiger partial charge in [0.25, 0.3) is 0 Å². The molecular weight excluding hydrogens is 190 g/mol. The van der Waals surface area contributed by atoms with Crippen molar-refractivity contribution in [1.82, 2.24) is 10.2 Å². The minimum atomic E-state index is -0.980. The van der Waals surface area contributed by atoms with E-state index in [-0.39, 0.29) is 6.42 Å². The Morgan fingerprint density at radius 1 is 1.50 bits per heavy atom. The van der Waals surface area contributed by atoms with Crippen LogP contribution in [0.3, 0.4) is 0 Å². The lowest BCUT2D eigenvalue weighted by atomic mass is 10.2. The van der Waals surface area contributed by atoms with Crippen LogP contribution in [0.4, 0.5) is 4.79 Å². The highest BCUT2D eigenvalue weighted by molar-refractivity contribution is 6.44. The van der Waals surface area contributed by atoms with Crippen molar-refractivity contribution in [3.8, 4) is 0 Å². The van der Waals surface area contributed by atoms with Gasteiger partial charge in [-0.1, -0.05) is 0 Å². The molecule has 1 unspecified atom stereocenters. The molecule has 5 amide bonds. The molecule has 1 fully saturated rings. The van der Waals surface area contributed by atoms with Crippen molar-refractivity contribution in [1.29, 1.82) is 0 Å². The van der Waals surface area contributed by atoms with Gasteiger partial charge in [-0.2, -0.15) is 0 Å². The Labute approximate surface area is 79.2 Å². The Kier molecular flexibility index (Phi) is 2.50. The number of primary amides is 1. The summed E-state index contributed by atoms with van der Waals surface area (Å²) in [5.74, 6) is -2.58. The van der Waals surface area contributed by atoms with Crippen molar-refractivity contribution in [3.05, 3.63) is 0 Å². The van der Waals surface area contributed by atoms with Gasteiger partial charge in [-0.15, -0.1) is 0 Å². The first-order valence-electron chi connectivity index (χ1n) is 3.90. The van der Waals surface area contributed by atoms with Gasteiger partial charge in [0.1, 0.15) is 0 Å². The molecule has 7 nitrogen and oxygen atoms in total. The summed E-state index contributed by atoms with van der Waals surface area (Å²) in [7, 11) is 0. The van der Waals surface area contributed by atoms with Crippen molar-refractivity contribution in [2.45, 2.75) is 19.4 Å². The molecule has 0 aromatic carbocycles. The molecule has 0 bridgehead atoms. The second kappa shape index (κ2) is 3.44. The van der Waals surface area contributed by atoms with Crippen LogP contribution in [0.1, 0.15) is 13.3 Å². The third-order valence-electron chi connectivity index (χ3n) is 1.79. The molecule has 1 aliphatic rings. The number of amides is 5. The van der Waals surface area contributed by atoms with Crippen molar-refractivity contribution in [2.24, 2.45) is 5.73 Å². The lowest BCUT2D eigenvalue weighted by Gasteiger charge is -2.18. The van der Waals surface area contributed by atoms with E-state index in [0.29, 0.717) is 4.90 Å². The summed E-state index contributed by atoms with van der Waals surface area (Å²) in [6.45, 7) is 1.46. The number of carbonyl (C=O) groups is 4. The maximum Gasteiger partial charge on any atom is 0.331 e. The summed E-state index contributed by atoms with van der Waals surface area (Å²) in [5, 5.41) is 1.82. The van der Waals surface area contributed by atoms with Gasteiger partial charge in [-0.05, 0) is 6.92 Å². The number of carbonyl (C=O) groups excluding carboxylic acids is 4. The molecule has 14 heavy (non-hydrogen) atoms. The van der Waals surface area contributed by atoms with Crippen LogP contribution in [0.15, 0.2) is 0 Å². The number of imide groups is 2. The van der Waals surface area contributed by atoms with Crippen LogP contribution in [0.2, 0.25) is 0 Å². The van der Waals surface area contributed by atoms with Crippen LogP contribution in [0.5, 0.6) is 0 Å². The molecular formula is C7H9N3O4. The molecule has 7 heteroatoms. The number of urea groups is 1. The summed E-state index contributed by atoms with van der Waals surface area (Å²) < 4.78 is 0. The van der Waals surface area contributed by atoms with Gasteiger partial charge in [0.2, 0.25) is 5.91 Å². The van der Waals surface area contributed by atoms with Crippen molar-refractivity contribution >= 4 is 23.8 Å². The van der Waals surface area contributed by atoms with Gasteiger partial charge >= 0.3 is 17.8 Å². The summed E-state index contributed by atoms with van der Waals surface area (Å²) in [6, 6.07) is -1.51. The van der Waals surface area contributed by atoms with E-state index >= 15 is 0 Å². The van der Waals surface area contributed by atoms with Gasteiger partial charge in [-0.25, -0.2) is 4.79 Å². The normalized spacial score (nSPS) is 18.4. The largest absolute Gasteiger partial charge is 0.370 e. The highest BCUT2D eigenvalue weighted by Crippen LogP contribution is 2.09. The number of hydrogen-bond acceptors (Lipinski definition) is 4. The molecule has 0 aliphatic carbocycles. The molecule has 0 radical (unpaired) electrons. The Balaban J connectivity index is 2.77. The maximum atomic E-state index is 11.1. The van der Waals surface area contributed by atoms with Crippen LogP contribution < -0.4 is 11.1 Å². The van der Waals surface area contributed by atoms with Crippen LogP contribution in [0, 0.1) is 0 Å². The quantitative estimate of drug-likeness (QED) is 0.418. The van der Waals surface area contributed by atoms with E-state index in [0.717, 1.165) is 0 Å². The van der Waals surface area contributed by atoms with Crippen molar-refractivity contribution < 1.29 is 19.2 Å². The zero-order valence-corrected chi connectivity index (χ0v) is 7.44. The lowest BCUT2D eigenvalue weighted by Crippen LogP contribution is -2.41. The predicted molar refractivity (Wildman–Crippen MR) is 43.7 cm³/mol. The van der Waals surface area contributed by atoms with Crippen molar-refractivity contribution in [2.75, 3.05) is 0 Å². The maximum absolute atomic E-state index is 11.1. The zero-order valence-electron chi connectivity index (χ0n) is 7.44. The zero-order chi connectivity index (χ0) is 10.9. The number of hydrogen-bond donors (Lipinski definition) is 2. The van der Waals surface area contributed by atoms with Gasteiger partial charge in [0.05, 0.1) is 0 Å². The SMILES string of the molecule is CC(CC(N)=O)N1C(=O)NC(=O)C1=O. The topological polar surface area (TPSA) is 110 Å². The lowest BCUT2D eigenvalue weighted by molar-refractivity contribution is -0.141. The van der Waals surface area contributed by atoms with Crippen LogP contribution >= 0.6 is 0 Å². The smallest absolute Gasteiger partial charge is 0.331 e. The average molecular weight is 199 g/mol. The van der Waals surface area contributed by atoms with E-state index < -0.39 is 29.8 Å². The Morgan fingerprint density at radius 3 is 2.43 bits per heavy atom. The predicted octanol–water partition coefficient (Wildman–Crippen LogP) is -1.67. The Bertz CT molecular complexity index is 325. The highest BCUT2D eigenvalue weighted by atomic mass is 16.2. The van der Waals surface area contributed by atoms with E-state index in [4.69, 9.17) is 5.73 Å².